The maximum atomic E-state index is 13.6. The minimum atomic E-state index is -0.900. The van der Waals surface area contributed by atoms with Crippen LogP contribution < -0.4 is 10.6 Å². The Labute approximate surface area is 163 Å². The van der Waals surface area contributed by atoms with Crippen molar-refractivity contribution in [2.75, 3.05) is 10.6 Å². The van der Waals surface area contributed by atoms with E-state index in [-0.39, 0.29) is 0 Å². The van der Waals surface area contributed by atoms with Crippen molar-refractivity contribution in [1.29, 1.82) is 0 Å². The van der Waals surface area contributed by atoms with Crippen LogP contribution in [-0.4, -0.2) is 16.0 Å². The first-order valence-electron chi connectivity index (χ1n) is 9.60. The van der Waals surface area contributed by atoms with Gasteiger partial charge in [0.2, 0.25) is 5.95 Å². The Hall–Kier alpha value is -3.02. The summed E-state index contributed by atoms with van der Waals surface area (Å²) in [5, 5.41) is 6.50. The van der Waals surface area contributed by atoms with Crippen molar-refractivity contribution in [2.24, 2.45) is 0 Å². The number of hydrogen-bond donors (Lipinski definition) is 2. The molecule has 1 aromatic heterocycles. The molecule has 0 unspecified atom stereocenters. The van der Waals surface area contributed by atoms with Gasteiger partial charge in [-0.1, -0.05) is 49.6 Å². The van der Waals surface area contributed by atoms with Crippen molar-refractivity contribution in [3.8, 4) is 11.3 Å². The number of anilines is 3. The van der Waals surface area contributed by atoms with E-state index >= 15 is 0 Å². The standard InChI is InChI=1S/C22H22F2N4/c23-18-12-11-17(13-19(18)24)25-21-14-20(15-7-3-1-4-8-15)27-22(28-21)26-16-9-5-2-6-10-16/h1,3-4,7-8,11-14,16H,2,5-6,9-10H2,(H2,25,26,27,28). The van der Waals surface area contributed by atoms with Gasteiger partial charge in [-0.05, 0) is 25.0 Å². The van der Waals surface area contributed by atoms with Crippen molar-refractivity contribution < 1.29 is 8.78 Å². The summed E-state index contributed by atoms with van der Waals surface area (Å²) < 4.78 is 26.8. The Morgan fingerprint density at radius 1 is 0.821 bits per heavy atom. The molecular weight excluding hydrogens is 358 g/mol. The fraction of sp³-hybridized carbons (Fsp3) is 0.273. The van der Waals surface area contributed by atoms with E-state index in [1.807, 2.05) is 36.4 Å². The second kappa shape index (κ2) is 8.33. The lowest BCUT2D eigenvalue weighted by molar-refractivity contribution is 0.461. The van der Waals surface area contributed by atoms with Gasteiger partial charge in [-0.15, -0.1) is 0 Å². The van der Waals surface area contributed by atoms with Crippen LogP contribution in [0.3, 0.4) is 0 Å². The smallest absolute Gasteiger partial charge is 0.225 e. The zero-order chi connectivity index (χ0) is 19.3. The van der Waals surface area contributed by atoms with E-state index in [1.165, 1.54) is 25.3 Å². The van der Waals surface area contributed by atoms with Crippen LogP contribution >= 0.6 is 0 Å². The van der Waals surface area contributed by atoms with E-state index < -0.39 is 11.6 Å². The number of benzene rings is 2. The van der Waals surface area contributed by atoms with E-state index in [1.54, 1.807) is 0 Å². The van der Waals surface area contributed by atoms with Crippen LogP contribution in [-0.2, 0) is 0 Å². The molecule has 2 N–H and O–H groups in total. The topological polar surface area (TPSA) is 49.8 Å². The fourth-order valence-corrected chi connectivity index (χ4v) is 3.48. The second-order valence-corrected chi connectivity index (χ2v) is 7.06. The average molecular weight is 380 g/mol. The molecule has 1 aliphatic rings. The van der Waals surface area contributed by atoms with Gasteiger partial charge >= 0.3 is 0 Å². The maximum absolute atomic E-state index is 13.6. The van der Waals surface area contributed by atoms with E-state index in [2.05, 4.69) is 20.6 Å². The molecular formula is C22H22F2N4. The number of halogens is 2. The van der Waals surface area contributed by atoms with Gasteiger partial charge in [0.1, 0.15) is 5.82 Å². The normalized spacial score (nSPS) is 14.6. The third-order valence-corrected chi connectivity index (χ3v) is 4.93. The van der Waals surface area contributed by atoms with Crippen molar-refractivity contribution in [3.63, 3.8) is 0 Å². The van der Waals surface area contributed by atoms with E-state index in [0.29, 0.717) is 23.5 Å². The first-order valence-corrected chi connectivity index (χ1v) is 9.60. The summed E-state index contributed by atoms with van der Waals surface area (Å²) in [6.07, 6.45) is 5.88. The summed E-state index contributed by atoms with van der Waals surface area (Å²) in [7, 11) is 0. The SMILES string of the molecule is Fc1ccc(Nc2cc(-c3ccccc3)nc(NC3CCCCC3)n2)cc1F. The summed E-state index contributed by atoms with van der Waals surface area (Å²) >= 11 is 0. The van der Waals surface area contributed by atoms with Crippen LogP contribution in [0.15, 0.2) is 54.6 Å². The molecule has 1 aliphatic carbocycles. The average Bonchev–Trinajstić information content (AvgIpc) is 2.72. The van der Waals surface area contributed by atoms with Gasteiger partial charge in [0, 0.05) is 29.4 Å². The van der Waals surface area contributed by atoms with Crippen molar-refractivity contribution in [1.82, 2.24) is 9.97 Å². The van der Waals surface area contributed by atoms with Gasteiger partial charge in [0.25, 0.3) is 0 Å². The third-order valence-electron chi connectivity index (χ3n) is 4.93. The van der Waals surface area contributed by atoms with Crippen LogP contribution in [0.4, 0.5) is 26.2 Å². The van der Waals surface area contributed by atoms with Crippen molar-refractivity contribution in [2.45, 2.75) is 38.1 Å². The van der Waals surface area contributed by atoms with Crippen molar-refractivity contribution in [3.05, 3.63) is 66.2 Å². The van der Waals surface area contributed by atoms with Gasteiger partial charge in [0.15, 0.2) is 11.6 Å². The largest absolute Gasteiger partial charge is 0.351 e. The van der Waals surface area contributed by atoms with Gasteiger partial charge < -0.3 is 10.6 Å². The molecule has 1 saturated carbocycles. The maximum Gasteiger partial charge on any atom is 0.225 e. The molecule has 0 spiro atoms. The molecule has 144 valence electrons. The first-order chi connectivity index (χ1) is 13.7. The van der Waals surface area contributed by atoms with Crippen LogP contribution in [0.25, 0.3) is 11.3 Å². The molecule has 1 fully saturated rings. The highest BCUT2D eigenvalue weighted by molar-refractivity contribution is 5.67. The van der Waals surface area contributed by atoms with E-state index in [0.717, 1.165) is 36.2 Å². The molecule has 0 radical (unpaired) electrons. The number of nitrogens with one attached hydrogen (secondary N) is 2. The zero-order valence-corrected chi connectivity index (χ0v) is 15.5. The molecule has 0 aliphatic heterocycles. The lowest BCUT2D eigenvalue weighted by Gasteiger charge is -2.23. The zero-order valence-electron chi connectivity index (χ0n) is 15.5. The monoisotopic (exact) mass is 380 g/mol. The molecule has 0 bridgehead atoms. The number of nitrogens with zero attached hydrogens (tertiary/aromatic N) is 2. The van der Waals surface area contributed by atoms with Crippen LogP contribution in [0.2, 0.25) is 0 Å². The fourth-order valence-electron chi connectivity index (χ4n) is 3.48. The van der Waals surface area contributed by atoms with E-state index in [4.69, 9.17) is 0 Å². The van der Waals surface area contributed by atoms with Gasteiger partial charge in [-0.2, -0.15) is 4.98 Å². The van der Waals surface area contributed by atoms with E-state index in [9.17, 15) is 8.78 Å². The molecule has 0 saturated heterocycles. The molecule has 3 aromatic rings. The summed E-state index contributed by atoms with van der Waals surface area (Å²) in [6, 6.07) is 15.7. The molecule has 4 rings (SSSR count). The predicted octanol–water partition coefficient (Wildman–Crippen LogP) is 5.91. The Morgan fingerprint density at radius 2 is 1.61 bits per heavy atom. The Bertz CT molecular complexity index is 941. The number of hydrogen-bond acceptors (Lipinski definition) is 4. The molecule has 2 aromatic carbocycles. The van der Waals surface area contributed by atoms with Crippen LogP contribution in [0, 0.1) is 11.6 Å². The summed E-state index contributed by atoms with van der Waals surface area (Å²) in [5.41, 5.74) is 2.16. The molecule has 6 heteroatoms. The van der Waals surface area contributed by atoms with Crippen molar-refractivity contribution >= 4 is 17.5 Å². The molecule has 28 heavy (non-hydrogen) atoms. The molecule has 0 amide bonds. The van der Waals surface area contributed by atoms with Crippen LogP contribution in [0.1, 0.15) is 32.1 Å². The highest BCUT2D eigenvalue weighted by Crippen LogP contribution is 2.26. The van der Waals surface area contributed by atoms with Crippen LogP contribution in [0.5, 0.6) is 0 Å². The van der Waals surface area contributed by atoms with Gasteiger partial charge in [-0.3, -0.25) is 0 Å². The predicted molar refractivity (Wildman–Crippen MR) is 108 cm³/mol. The molecule has 4 nitrogen and oxygen atoms in total. The van der Waals surface area contributed by atoms with Gasteiger partial charge in [-0.25, -0.2) is 13.8 Å². The third kappa shape index (κ3) is 4.44. The Morgan fingerprint density at radius 3 is 2.36 bits per heavy atom. The Kier molecular flexibility index (Phi) is 5.46. The second-order valence-electron chi connectivity index (χ2n) is 7.06. The highest BCUT2D eigenvalue weighted by atomic mass is 19.2. The number of aromatic nitrogens is 2. The lowest BCUT2D eigenvalue weighted by atomic mass is 9.96. The summed E-state index contributed by atoms with van der Waals surface area (Å²) in [6.45, 7) is 0. The summed E-state index contributed by atoms with van der Waals surface area (Å²) in [4.78, 5) is 9.23. The van der Waals surface area contributed by atoms with Gasteiger partial charge in [0.05, 0.1) is 5.69 Å². The molecule has 1 heterocycles. The number of rotatable bonds is 5. The minimum absolute atomic E-state index is 0.357. The lowest BCUT2D eigenvalue weighted by Crippen LogP contribution is -2.23. The highest BCUT2D eigenvalue weighted by Gasteiger charge is 2.16. The quantitative estimate of drug-likeness (QED) is 0.578. The Balaban J connectivity index is 1.65. The minimum Gasteiger partial charge on any atom is -0.351 e. The first kappa shape index (κ1) is 18.3. The molecule has 0 atom stereocenters. The summed E-state index contributed by atoms with van der Waals surface area (Å²) in [5.74, 6) is -0.711.